The summed E-state index contributed by atoms with van der Waals surface area (Å²) in [4.78, 5) is 21.6. The van der Waals surface area contributed by atoms with Crippen molar-refractivity contribution in [3.05, 3.63) is 54.0 Å². The lowest BCUT2D eigenvalue weighted by molar-refractivity contribution is -0.125. The van der Waals surface area contributed by atoms with E-state index in [4.69, 9.17) is 0 Å². The molecule has 3 rings (SSSR count). The number of halogens is 1. The van der Waals surface area contributed by atoms with E-state index >= 15 is 0 Å². The van der Waals surface area contributed by atoms with E-state index in [2.05, 4.69) is 15.2 Å². The molecule has 0 radical (unpaired) electrons. The van der Waals surface area contributed by atoms with E-state index in [1.165, 1.54) is 12.1 Å². The number of rotatable bonds is 5. The summed E-state index contributed by atoms with van der Waals surface area (Å²) >= 11 is 0. The number of hydrogen-bond donors (Lipinski definition) is 1. The second-order valence-corrected chi connectivity index (χ2v) is 8.36. The van der Waals surface area contributed by atoms with Gasteiger partial charge < -0.3 is 15.1 Å². The maximum atomic E-state index is 13.3. The first kappa shape index (κ1) is 20.3. The standard InChI is InChI=1S/C22H29FN4O/c1-22(2,3)21(28)27(19-8-6-17(23)7-9-19)14-16-5-10-20(25-13-16)26-12-11-18(15-26)24-4/h5-10,13,18,24H,11-12,14-15H2,1-4H3. The molecule has 1 saturated heterocycles. The number of benzene rings is 1. The van der Waals surface area contributed by atoms with Crippen LogP contribution in [0.4, 0.5) is 15.9 Å². The molecule has 0 aliphatic carbocycles. The van der Waals surface area contributed by atoms with Gasteiger partial charge in [0.15, 0.2) is 0 Å². The second-order valence-electron chi connectivity index (χ2n) is 8.36. The van der Waals surface area contributed by atoms with E-state index in [0.29, 0.717) is 18.3 Å². The average molecular weight is 384 g/mol. The van der Waals surface area contributed by atoms with E-state index in [1.807, 2.05) is 46.1 Å². The van der Waals surface area contributed by atoms with Crippen molar-refractivity contribution in [2.45, 2.75) is 39.8 Å². The van der Waals surface area contributed by atoms with E-state index in [9.17, 15) is 9.18 Å². The molecule has 0 spiro atoms. The number of hydrogen-bond acceptors (Lipinski definition) is 4. The van der Waals surface area contributed by atoms with Crippen molar-refractivity contribution in [3.8, 4) is 0 Å². The molecule has 5 nitrogen and oxygen atoms in total. The molecule has 1 aliphatic rings. The molecule has 2 aromatic rings. The molecule has 1 aromatic carbocycles. The molecule has 1 aromatic heterocycles. The van der Waals surface area contributed by atoms with Crippen LogP contribution in [-0.4, -0.2) is 37.1 Å². The second kappa shape index (κ2) is 8.27. The summed E-state index contributed by atoms with van der Waals surface area (Å²) in [6, 6.07) is 10.6. The summed E-state index contributed by atoms with van der Waals surface area (Å²) in [6.07, 6.45) is 2.94. The van der Waals surface area contributed by atoms with Crippen LogP contribution < -0.4 is 15.1 Å². The fourth-order valence-corrected chi connectivity index (χ4v) is 3.39. The third-order valence-electron chi connectivity index (χ3n) is 5.10. The number of pyridine rings is 1. The lowest BCUT2D eigenvalue weighted by atomic mass is 9.94. The van der Waals surface area contributed by atoms with Crippen molar-refractivity contribution < 1.29 is 9.18 Å². The van der Waals surface area contributed by atoms with E-state index < -0.39 is 5.41 Å². The minimum Gasteiger partial charge on any atom is -0.355 e. The molecule has 0 saturated carbocycles. The summed E-state index contributed by atoms with van der Waals surface area (Å²) < 4.78 is 13.3. The van der Waals surface area contributed by atoms with E-state index in [0.717, 1.165) is 30.9 Å². The Morgan fingerprint density at radius 1 is 1.25 bits per heavy atom. The highest BCUT2D eigenvalue weighted by Crippen LogP contribution is 2.26. The Morgan fingerprint density at radius 2 is 1.96 bits per heavy atom. The van der Waals surface area contributed by atoms with Crippen molar-refractivity contribution in [2.75, 3.05) is 29.9 Å². The molecular formula is C22H29FN4O. The molecule has 1 fully saturated rings. The van der Waals surface area contributed by atoms with Gasteiger partial charge in [-0.2, -0.15) is 0 Å². The topological polar surface area (TPSA) is 48.5 Å². The number of carbonyl (C=O) groups excluding carboxylic acids is 1. The van der Waals surface area contributed by atoms with Gasteiger partial charge in [-0.15, -0.1) is 0 Å². The van der Waals surface area contributed by atoms with Crippen molar-refractivity contribution in [3.63, 3.8) is 0 Å². The fraction of sp³-hybridized carbons (Fsp3) is 0.455. The minimum atomic E-state index is -0.542. The minimum absolute atomic E-state index is 0.0143. The van der Waals surface area contributed by atoms with Gasteiger partial charge in [-0.1, -0.05) is 26.8 Å². The predicted octanol–water partition coefficient (Wildman–Crippen LogP) is 3.60. The van der Waals surface area contributed by atoms with Gasteiger partial charge in [-0.3, -0.25) is 4.79 Å². The average Bonchev–Trinajstić information content (AvgIpc) is 3.15. The fourth-order valence-electron chi connectivity index (χ4n) is 3.39. The number of carbonyl (C=O) groups is 1. The van der Waals surface area contributed by atoms with Gasteiger partial charge in [0.25, 0.3) is 0 Å². The van der Waals surface area contributed by atoms with Crippen LogP contribution in [0.2, 0.25) is 0 Å². The summed E-state index contributed by atoms with van der Waals surface area (Å²) in [5, 5.41) is 3.31. The molecular weight excluding hydrogens is 355 g/mol. The van der Waals surface area contributed by atoms with Crippen molar-refractivity contribution >= 4 is 17.4 Å². The Balaban J connectivity index is 1.79. The van der Waals surface area contributed by atoms with Crippen LogP contribution in [0.3, 0.4) is 0 Å². The lowest BCUT2D eigenvalue weighted by Gasteiger charge is -2.30. The largest absolute Gasteiger partial charge is 0.355 e. The van der Waals surface area contributed by atoms with Gasteiger partial charge in [0.1, 0.15) is 11.6 Å². The van der Waals surface area contributed by atoms with E-state index in [1.54, 1.807) is 17.0 Å². The zero-order valence-electron chi connectivity index (χ0n) is 17.1. The van der Waals surface area contributed by atoms with Crippen molar-refractivity contribution in [1.29, 1.82) is 0 Å². The van der Waals surface area contributed by atoms with Crippen LogP contribution in [0.25, 0.3) is 0 Å². The number of aromatic nitrogens is 1. The number of nitrogens with one attached hydrogen (secondary N) is 1. The number of anilines is 2. The summed E-state index contributed by atoms with van der Waals surface area (Å²) in [6.45, 7) is 8.00. The molecule has 2 heterocycles. The molecule has 1 unspecified atom stereocenters. The number of nitrogens with zero attached hydrogens (tertiary/aromatic N) is 3. The van der Waals surface area contributed by atoms with Gasteiger partial charge >= 0.3 is 0 Å². The predicted molar refractivity (Wildman–Crippen MR) is 111 cm³/mol. The molecule has 1 atom stereocenters. The Labute approximate surface area is 166 Å². The summed E-state index contributed by atoms with van der Waals surface area (Å²) in [5.74, 6) is 0.625. The summed E-state index contributed by atoms with van der Waals surface area (Å²) in [7, 11) is 1.99. The smallest absolute Gasteiger partial charge is 0.232 e. The number of likely N-dealkylation sites (N-methyl/N-ethyl adjacent to an activating group) is 1. The van der Waals surface area contributed by atoms with Crippen LogP contribution >= 0.6 is 0 Å². The van der Waals surface area contributed by atoms with Crippen LogP contribution in [0, 0.1) is 11.2 Å². The quantitative estimate of drug-likeness (QED) is 0.856. The highest BCUT2D eigenvalue weighted by atomic mass is 19.1. The van der Waals surface area contributed by atoms with Gasteiger partial charge in [0.2, 0.25) is 5.91 Å². The van der Waals surface area contributed by atoms with Crippen molar-refractivity contribution in [2.24, 2.45) is 5.41 Å². The maximum absolute atomic E-state index is 13.3. The summed E-state index contributed by atoms with van der Waals surface area (Å²) in [5.41, 5.74) is 1.08. The van der Waals surface area contributed by atoms with Crippen molar-refractivity contribution in [1.82, 2.24) is 10.3 Å². The zero-order valence-corrected chi connectivity index (χ0v) is 17.1. The van der Waals surface area contributed by atoms with E-state index in [-0.39, 0.29) is 11.7 Å². The molecule has 6 heteroatoms. The zero-order chi connectivity index (χ0) is 20.3. The highest BCUT2D eigenvalue weighted by molar-refractivity contribution is 5.96. The Kier molecular flexibility index (Phi) is 5.98. The number of amides is 1. The van der Waals surface area contributed by atoms with Gasteiger partial charge in [0.05, 0.1) is 6.54 Å². The molecule has 1 aliphatic heterocycles. The third-order valence-corrected chi connectivity index (χ3v) is 5.10. The van der Waals surface area contributed by atoms with Gasteiger partial charge in [-0.25, -0.2) is 9.37 Å². The molecule has 0 bridgehead atoms. The SMILES string of the molecule is CNC1CCN(c2ccc(CN(C(=O)C(C)(C)C)c3ccc(F)cc3)cn2)C1. The van der Waals surface area contributed by atoms with Crippen LogP contribution in [0.5, 0.6) is 0 Å². The molecule has 28 heavy (non-hydrogen) atoms. The van der Waals surface area contributed by atoms with Crippen LogP contribution in [0.1, 0.15) is 32.8 Å². The van der Waals surface area contributed by atoms with Gasteiger partial charge in [-0.05, 0) is 49.4 Å². The monoisotopic (exact) mass is 384 g/mol. The first-order valence-corrected chi connectivity index (χ1v) is 9.72. The third kappa shape index (κ3) is 4.68. The molecule has 1 amide bonds. The van der Waals surface area contributed by atoms with Gasteiger partial charge in [0, 0.05) is 36.4 Å². The first-order chi connectivity index (χ1) is 13.3. The Bertz CT molecular complexity index is 799. The normalized spacial score (nSPS) is 17.0. The lowest BCUT2D eigenvalue weighted by Crippen LogP contribution is -2.39. The molecule has 1 N–H and O–H groups in total. The first-order valence-electron chi connectivity index (χ1n) is 9.72. The highest BCUT2D eigenvalue weighted by Gasteiger charge is 2.29. The maximum Gasteiger partial charge on any atom is 0.232 e. The molecule has 150 valence electrons. The Morgan fingerprint density at radius 3 is 2.50 bits per heavy atom. The Hall–Kier alpha value is -2.47. The van der Waals surface area contributed by atoms with Crippen LogP contribution in [0.15, 0.2) is 42.6 Å². The van der Waals surface area contributed by atoms with Crippen LogP contribution in [-0.2, 0) is 11.3 Å².